The van der Waals surface area contributed by atoms with Gasteiger partial charge in [0.2, 0.25) is 0 Å². The minimum atomic E-state index is -0.240. The fourth-order valence-corrected chi connectivity index (χ4v) is 1.54. The Hall–Kier alpha value is -1.66. The summed E-state index contributed by atoms with van der Waals surface area (Å²) in [6.07, 6.45) is 2.42. The Labute approximate surface area is 81.1 Å². The maximum atomic E-state index is 11.3. The van der Waals surface area contributed by atoms with E-state index in [0.717, 1.165) is 0 Å². The van der Waals surface area contributed by atoms with Crippen molar-refractivity contribution in [3.8, 4) is 0 Å². The normalized spacial score (nSPS) is 28.3. The molecule has 6 nitrogen and oxygen atoms in total. The van der Waals surface area contributed by atoms with Crippen LogP contribution in [0.3, 0.4) is 0 Å². The molecule has 2 bridgehead atoms. The molecule has 3 aliphatic rings. The zero-order valence-corrected chi connectivity index (χ0v) is 7.59. The molecule has 0 unspecified atom stereocenters. The average Bonchev–Trinajstić information content (AvgIpc) is 2.77. The lowest BCUT2D eigenvalue weighted by atomic mass is 10.6. The van der Waals surface area contributed by atoms with E-state index in [9.17, 15) is 9.59 Å². The van der Waals surface area contributed by atoms with Gasteiger partial charge < -0.3 is 0 Å². The number of hydrazine groups is 4. The molecule has 0 atom stereocenters. The second-order valence-electron chi connectivity index (χ2n) is 2.86. The maximum absolute atomic E-state index is 11.3. The molecule has 0 radical (unpaired) electrons. The number of hydrogen-bond donors (Lipinski definition) is 0. The van der Waals surface area contributed by atoms with Crippen molar-refractivity contribution >= 4 is 11.8 Å². The van der Waals surface area contributed by atoms with Crippen molar-refractivity contribution in [2.24, 2.45) is 0 Å². The number of carbonyl (C=O) groups excluding carboxylic acids is 2. The highest BCUT2D eigenvalue weighted by atomic mass is 16.4. The van der Waals surface area contributed by atoms with E-state index in [4.69, 9.17) is 0 Å². The zero-order chi connectivity index (χ0) is 10.3. The molecule has 0 aromatic carbocycles. The third-order valence-corrected chi connectivity index (χ3v) is 2.12. The van der Waals surface area contributed by atoms with Crippen molar-refractivity contribution < 1.29 is 9.59 Å². The summed E-state index contributed by atoms with van der Waals surface area (Å²) in [5.74, 6) is -0.480. The number of fused-ring (bicyclic) bond motifs is 1. The molecule has 0 saturated carbocycles. The Balaban J connectivity index is 2.12. The monoisotopic (exact) mass is 194 g/mol. The minimum absolute atomic E-state index is 0.240. The Kier molecular flexibility index (Phi) is 1.87. The summed E-state index contributed by atoms with van der Waals surface area (Å²) >= 11 is 0. The lowest BCUT2D eigenvalue weighted by Crippen LogP contribution is -2.73. The third-order valence-electron chi connectivity index (χ3n) is 2.12. The molecular weight excluding hydrogens is 184 g/mol. The van der Waals surface area contributed by atoms with Gasteiger partial charge in [0.25, 0.3) is 11.8 Å². The van der Waals surface area contributed by atoms with Crippen LogP contribution < -0.4 is 0 Å². The number of rotatable bonds is 2. The van der Waals surface area contributed by atoms with Crippen molar-refractivity contribution in [3.63, 3.8) is 0 Å². The summed E-state index contributed by atoms with van der Waals surface area (Å²) < 4.78 is 0. The highest BCUT2D eigenvalue weighted by molar-refractivity contribution is 5.90. The lowest BCUT2D eigenvalue weighted by Gasteiger charge is -2.50. The summed E-state index contributed by atoms with van der Waals surface area (Å²) in [7, 11) is 0. The van der Waals surface area contributed by atoms with Gasteiger partial charge in [-0.05, 0) is 12.2 Å². The molecule has 2 amide bonds. The van der Waals surface area contributed by atoms with E-state index in [0.29, 0.717) is 13.1 Å². The fourth-order valence-electron chi connectivity index (χ4n) is 1.54. The molecule has 3 fully saturated rings. The number of hydrogen-bond acceptors (Lipinski definition) is 4. The molecule has 6 heteroatoms. The summed E-state index contributed by atoms with van der Waals surface area (Å²) in [6, 6.07) is 0. The second kappa shape index (κ2) is 2.93. The molecule has 14 heavy (non-hydrogen) atoms. The predicted octanol–water partition coefficient (Wildman–Crippen LogP) is -0.693. The SMILES string of the molecule is C=CC(=O)N1N2CCN1N2C(=O)C=C. The molecule has 0 spiro atoms. The highest BCUT2D eigenvalue weighted by Gasteiger charge is 2.53. The van der Waals surface area contributed by atoms with E-state index in [-0.39, 0.29) is 11.8 Å². The number of nitrogens with zero attached hydrogens (tertiary/aromatic N) is 4. The van der Waals surface area contributed by atoms with Crippen LogP contribution in [0, 0.1) is 0 Å². The second-order valence-corrected chi connectivity index (χ2v) is 2.86. The van der Waals surface area contributed by atoms with Gasteiger partial charge in [-0.15, -0.1) is 0 Å². The molecule has 74 valence electrons. The minimum Gasteiger partial charge on any atom is -0.267 e. The molecule has 3 heterocycles. The van der Waals surface area contributed by atoms with Gasteiger partial charge in [0.05, 0.1) is 13.1 Å². The molecule has 0 N–H and O–H groups in total. The van der Waals surface area contributed by atoms with Crippen molar-refractivity contribution in [3.05, 3.63) is 25.3 Å². The molecular formula is C8H10N4O2. The molecule has 3 aliphatic heterocycles. The standard InChI is InChI=1S/C8H10N4O2/c1-3-7(13)11-9-5-6-10(11)12(9)8(14)4-2/h3-4H,1-2,5-6H2. The van der Waals surface area contributed by atoms with Crippen molar-refractivity contribution in [2.75, 3.05) is 13.1 Å². The van der Waals surface area contributed by atoms with Crippen molar-refractivity contribution in [2.45, 2.75) is 0 Å². The molecule has 0 aromatic heterocycles. The van der Waals surface area contributed by atoms with Crippen LogP contribution in [0.25, 0.3) is 0 Å². The smallest absolute Gasteiger partial charge is 0.267 e. The quantitative estimate of drug-likeness (QED) is 0.546. The Morgan fingerprint density at radius 2 is 1.29 bits per heavy atom. The van der Waals surface area contributed by atoms with Crippen LogP contribution in [0.2, 0.25) is 0 Å². The Morgan fingerprint density at radius 1 is 0.929 bits per heavy atom. The lowest BCUT2D eigenvalue weighted by molar-refractivity contribution is -0.407. The van der Waals surface area contributed by atoms with Crippen LogP contribution in [-0.4, -0.2) is 45.4 Å². The summed E-state index contributed by atoms with van der Waals surface area (Å²) in [4.78, 5) is 22.5. The van der Waals surface area contributed by atoms with Gasteiger partial charge in [-0.2, -0.15) is 10.2 Å². The van der Waals surface area contributed by atoms with E-state index < -0.39 is 0 Å². The molecule has 3 rings (SSSR count). The summed E-state index contributed by atoms with van der Waals surface area (Å²) in [5, 5.41) is 5.84. The van der Waals surface area contributed by atoms with Gasteiger partial charge in [-0.1, -0.05) is 23.4 Å². The van der Waals surface area contributed by atoms with Gasteiger partial charge in [0.15, 0.2) is 0 Å². The van der Waals surface area contributed by atoms with Crippen LogP contribution in [0.5, 0.6) is 0 Å². The van der Waals surface area contributed by atoms with E-state index in [1.165, 1.54) is 22.4 Å². The van der Waals surface area contributed by atoms with Crippen LogP contribution in [0.4, 0.5) is 0 Å². The average molecular weight is 194 g/mol. The topological polar surface area (TPSA) is 47.1 Å². The first kappa shape index (κ1) is 8.92. The van der Waals surface area contributed by atoms with Crippen LogP contribution >= 0.6 is 0 Å². The summed E-state index contributed by atoms with van der Waals surface area (Å²) in [5.41, 5.74) is 0. The third kappa shape index (κ3) is 0.918. The van der Waals surface area contributed by atoms with Crippen LogP contribution in [0.1, 0.15) is 0 Å². The number of carbonyl (C=O) groups is 2. The fraction of sp³-hybridized carbons (Fsp3) is 0.250. The Morgan fingerprint density at radius 3 is 1.57 bits per heavy atom. The van der Waals surface area contributed by atoms with Crippen LogP contribution in [-0.2, 0) is 9.59 Å². The number of amides is 2. The maximum Gasteiger partial charge on any atom is 0.278 e. The Bertz CT molecular complexity index is 287. The van der Waals surface area contributed by atoms with E-state index in [1.807, 2.05) is 0 Å². The van der Waals surface area contributed by atoms with Crippen molar-refractivity contribution in [1.82, 2.24) is 20.5 Å². The van der Waals surface area contributed by atoms with E-state index >= 15 is 0 Å². The molecule has 0 aromatic rings. The zero-order valence-electron chi connectivity index (χ0n) is 7.59. The van der Waals surface area contributed by atoms with Gasteiger partial charge in [-0.3, -0.25) is 9.59 Å². The van der Waals surface area contributed by atoms with Gasteiger partial charge >= 0.3 is 0 Å². The first-order valence-electron chi connectivity index (χ1n) is 4.18. The molecule has 0 aliphatic carbocycles. The first-order valence-corrected chi connectivity index (χ1v) is 4.18. The van der Waals surface area contributed by atoms with Gasteiger partial charge in [-0.25, -0.2) is 0 Å². The van der Waals surface area contributed by atoms with Gasteiger partial charge in [0.1, 0.15) is 0 Å². The highest BCUT2D eigenvalue weighted by Crippen LogP contribution is 2.30. The predicted molar refractivity (Wildman–Crippen MR) is 47.5 cm³/mol. The first-order chi connectivity index (χ1) is 6.70. The van der Waals surface area contributed by atoms with Crippen LogP contribution in [0.15, 0.2) is 25.3 Å². The van der Waals surface area contributed by atoms with Gasteiger partial charge in [0, 0.05) is 0 Å². The largest absolute Gasteiger partial charge is 0.278 e. The van der Waals surface area contributed by atoms with E-state index in [2.05, 4.69) is 13.2 Å². The molecule has 3 saturated heterocycles. The van der Waals surface area contributed by atoms with E-state index in [1.54, 1.807) is 10.2 Å². The summed E-state index contributed by atoms with van der Waals surface area (Å²) in [6.45, 7) is 8.01. The van der Waals surface area contributed by atoms with Crippen molar-refractivity contribution in [1.29, 1.82) is 0 Å².